The Balaban J connectivity index is 1.68. The van der Waals surface area contributed by atoms with Crippen molar-refractivity contribution in [3.63, 3.8) is 0 Å². The standard InChI is InChI=1S/C30H35N3O8S/c1-18(32-42(36,37)22-9-7-21(31)8-10-22)30(35)33-13-12-19-14-28(40-4)29(41-5)16-23(19)24(33)17-25(34)20-6-11-26(38-2)27(15-20)39-3/h6-11,14-16,18,24,32H,12-13,17,31H2,1-5H3/t18-,24+/m0/s1. The van der Waals surface area contributed by atoms with Gasteiger partial charge in [-0.05, 0) is 79.1 Å². The lowest BCUT2D eigenvalue weighted by Crippen LogP contribution is -2.50. The maximum Gasteiger partial charge on any atom is 0.241 e. The molecule has 1 aliphatic rings. The van der Waals surface area contributed by atoms with Gasteiger partial charge >= 0.3 is 0 Å². The number of carbonyl (C=O) groups excluding carboxylic acids is 2. The minimum absolute atomic E-state index is 0.0163. The van der Waals surface area contributed by atoms with Gasteiger partial charge in [-0.3, -0.25) is 9.59 Å². The van der Waals surface area contributed by atoms with Crippen LogP contribution in [-0.2, 0) is 21.2 Å². The second-order valence-electron chi connectivity index (χ2n) is 9.81. The van der Waals surface area contributed by atoms with Gasteiger partial charge in [0.1, 0.15) is 0 Å². The minimum atomic E-state index is -4.02. The Morgan fingerprint density at radius 1 is 0.905 bits per heavy atom. The Bertz CT molecular complexity index is 1570. The van der Waals surface area contributed by atoms with E-state index in [0.717, 1.165) is 11.1 Å². The minimum Gasteiger partial charge on any atom is -0.493 e. The summed E-state index contributed by atoms with van der Waals surface area (Å²) in [5.74, 6) is 1.15. The number of ketones is 1. The summed E-state index contributed by atoms with van der Waals surface area (Å²) >= 11 is 0. The van der Waals surface area contributed by atoms with Crippen LogP contribution in [0.15, 0.2) is 59.5 Å². The van der Waals surface area contributed by atoms with Crippen LogP contribution in [0, 0.1) is 0 Å². The van der Waals surface area contributed by atoms with E-state index in [9.17, 15) is 18.0 Å². The molecule has 42 heavy (non-hydrogen) atoms. The highest BCUT2D eigenvalue weighted by atomic mass is 32.2. The Morgan fingerprint density at radius 3 is 2.12 bits per heavy atom. The second kappa shape index (κ2) is 12.7. The first kappa shape index (κ1) is 30.7. The Labute approximate surface area is 245 Å². The number of Topliss-reactive ketones (excluding diaryl/α,β-unsaturated/α-hetero) is 1. The highest BCUT2D eigenvalue weighted by molar-refractivity contribution is 7.89. The van der Waals surface area contributed by atoms with E-state index in [4.69, 9.17) is 24.7 Å². The fraction of sp³-hybridized carbons (Fsp3) is 0.333. The summed E-state index contributed by atoms with van der Waals surface area (Å²) < 4.78 is 50.2. The van der Waals surface area contributed by atoms with E-state index in [2.05, 4.69) is 4.72 Å². The molecule has 0 aliphatic carbocycles. The van der Waals surface area contributed by atoms with Gasteiger partial charge in [0.05, 0.1) is 45.4 Å². The fourth-order valence-corrected chi connectivity index (χ4v) is 6.26. The van der Waals surface area contributed by atoms with Gasteiger partial charge in [-0.25, -0.2) is 8.42 Å². The summed E-state index contributed by atoms with van der Waals surface area (Å²) in [6.45, 7) is 1.74. The zero-order valence-corrected chi connectivity index (χ0v) is 25.0. The maximum absolute atomic E-state index is 13.8. The van der Waals surface area contributed by atoms with E-state index in [1.165, 1.54) is 59.6 Å². The molecule has 0 unspecified atom stereocenters. The SMILES string of the molecule is COc1ccc(C(=O)C[C@@H]2c3cc(OC)c(OC)cc3CCN2C(=O)[C@H](C)NS(=O)(=O)c2ccc(N)cc2)cc1OC. The summed E-state index contributed by atoms with van der Waals surface area (Å²) in [6.07, 6.45) is 0.404. The number of ether oxygens (including phenoxy) is 4. The topological polar surface area (TPSA) is 146 Å². The Kier molecular flexibility index (Phi) is 9.27. The van der Waals surface area contributed by atoms with Gasteiger partial charge in [0, 0.05) is 24.2 Å². The molecule has 4 rings (SSSR count). The van der Waals surface area contributed by atoms with Crippen LogP contribution in [0.5, 0.6) is 23.0 Å². The number of nitrogen functional groups attached to an aromatic ring is 1. The molecular formula is C30H35N3O8S. The van der Waals surface area contributed by atoms with Crippen LogP contribution in [0.1, 0.15) is 40.9 Å². The number of nitrogens with two attached hydrogens (primary N) is 1. The Hall–Kier alpha value is -4.29. The number of amides is 1. The van der Waals surface area contributed by atoms with Gasteiger partial charge in [-0.1, -0.05) is 0 Å². The van der Waals surface area contributed by atoms with Gasteiger partial charge in [0.15, 0.2) is 28.8 Å². The number of hydrogen-bond acceptors (Lipinski definition) is 9. The summed E-state index contributed by atoms with van der Waals surface area (Å²) in [4.78, 5) is 29.0. The molecule has 1 amide bonds. The first-order valence-electron chi connectivity index (χ1n) is 13.2. The number of methoxy groups -OCH3 is 4. The van der Waals surface area contributed by atoms with Gasteiger partial charge in [0.25, 0.3) is 0 Å². The second-order valence-corrected chi connectivity index (χ2v) is 11.5. The molecule has 2 atom stereocenters. The third kappa shape index (κ3) is 6.29. The molecule has 0 fully saturated rings. The van der Waals surface area contributed by atoms with Crippen molar-refractivity contribution in [2.24, 2.45) is 0 Å². The average molecular weight is 598 g/mol. The van der Waals surface area contributed by atoms with Gasteiger partial charge in [-0.15, -0.1) is 0 Å². The summed E-state index contributed by atoms with van der Waals surface area (Å²) in [5.41, 5.74) is 8.10. The first-order valence-corrected chi connectivity index (χ1v) is 14.7. The molecule has 11 nitrogen and oxygen atoms in total. The third-order valence-corrected chi connectivity index (χ3v) is 8.82. The molecule has 0 spiro atoms. The lowest BCUT2D eigenvalue weighted by atomic mass is 9.87. The predicted molar refractivity (Wildman–Crippen MR) is 157 cm³/mol. The van der Waals surface area contributed by atoms with Crippen LogP contribution in [-0.4, -0.2) is 66.0 Å². The van der Waals surface area contributed by atoms with Gasteiger partial charge in [-0.2, -0.15) is 4.72 Å². The summed E-state index contributed by atoms with van der Waals surface area (Å²) in [6, 6.07) is 12.4. The molecule has 224 valence electrons. The number of sulfonamides is 1. The molecule has 0 bridgehead atoms. The van der Waals surface area contributed by atoms with Gasteiger partial charge < -0.3 is 29.6 Å². The molecular weight excluding hydrogens is 562 g/mol. The molecule has 3 N–H and O–H groups in total. The monoisotopic (exact) mass is 597 g/mol. The molecule has 3 aromatic rings. The highest BCUT2D eigenvalue weighted by Crippen LogP contribution is 2.40. The van der Waals surface area contributed by atoms with Crippen molar-refractivity contribution < 1.29 is 37.0 Å². The largest absolute Gasteiger partial charge is 0.493 e. The first-order chi connectivity index (χ1) is 20.0. The maximum atomic E-state index is 13.8. The molecule has 1 aliphatic heterocycles. The lowest BCUT2D eigenvalue weighted by molar-refractivity contribution is -0.135. The van der Waals surface area contributed by atoms with E-state index < -0.39 is 28.0 Å². The average Bonchev–Trinajstić information content (AvgIpc) is 2.99. The van der Waals surface area contributed by atoms with Crippen LogP contribution in [0.4, 0.5) is 5.69 Å². The van der Waals surface area contributed by atoms with Crippen molar-refractivity contribution in [1.29, 1.82) is 0 Å². The highest BCUT2D eigenvalue weighted by Gasteiger charge is 2.37. The smallest absolute Gasteiger partial charge is 0.241 e. The van der Waals surface area contributed by atoms with Crippen molar-refractivity contribution >= 4 is 27.4 Å². The van der Waals surface area contributed by atoms with E-state index in [0.29, 0.717) is 40.7 Å². The molecule has 12 heteroatoms. The zero-order chi connectivity index (χ0) is 30.6. The number of anilines is 1. The molecule has 0 saturated carbocycles. The van der Waals surface area contributed by atoms with Gasteiger partial charge in [0.2, 0.25) is 15.9 Å². The molecule has 0 radical (unpaired) electrons. The molecule has 3 aromatic carbocycles. The van der Waals surface area contributed by atoms with Crippen molar-refractivity contribution in [3.8, 4) is 23.0 Å². The number of nitrogens with zero attached hydrogens (tertiary/aromatic N) is 1. The lowest BCUT2D eigenvalue weighted by Gasteiger charge is -2.39. The Morgan fingerprint density at radius 2 is 1.50 bits per heavy atom. The van der Waals surface area contributed by atoms with Crippen molar-refractivity contribution in [3.05, 3.63) is 71.3 Å². The number of rotatable bonds is 11. The van der Waals surface area contributed by atoms with E-state index >= 15 is 0 Å². The van der Waals surface area contributed by atoms with Crippen molar-refractivity contribution in [2.75, 3.05) is 40.7 Å². The van der Waals surface area contributed by atoms with Crippen molar-refractivity contribution in [1.82, 2.24) is 9.62 Å². The zero-order valence-electron chi connectivity index (χ0n) is 24.2. The summed E-state index contributed by atoms with van der Waals surface area (Å²) in [7, 11) is 2.01. The number of hydrogen-bond donors (Lipinski definition) is 2. The predicted octanol–water partition coefficient (Wildman–Crippen LogP) is 3.37. The van der Waals surface area contributed by atoms with Crippen LogP contribution in [0.25, 0.3) is 0 Å². The van der Waals surface area contributed by atoms with Crippen LogP contribution >= 0.6 is 0 Å². The molecule has 0 saturated heterocycles. The molecule has 0 aromatic heterocycles. The quantitative estimate of drug-likeness (QED) is 0.251. The summed E-state index contributed by atoms with van der Waals surface area (Å²) in [5, 5.41) is 0. The van der Waals surface area contributed by atoms with Crippen LogP contribution in [0.3, 0.4) is 0 Å². The van der Waals surface area contributed by atoms with Crippen LogP contribution in [0.2, 0.25) is 0 Å². The number of fused-ring (bicyclic) bond motifs is 1. The van der Waals surface area contributed by atoms with Crippen LogP contribution < -0.4 is 29.4 Å². The number of benzene rings is 3. The van der Waals surface area contributed by atoms with E-state index in [-0.39, 0.29) is 23.6 Å². The normalized spacial score (nSPS) is 15.4. The fourth-order valence-electron chi connectivity index (χ4n) is 5.06. The number of nitrogens with one attached hydrogen (secondary N) is 1. The van der Waals surface area contributed by atoms with E-state index in [1.807, 2.05) is 6.07 Å². The third-order valence-electron chi connectivity index (χ3n) is 7.26. The number of carbonyl (C=O) groups is 2. The van der Waals surface area contributed by atoms with Crippen molar-refractivity contribution in [2.45, 2.75) is 36.7 Å². The molecule has 1 heterocycles. The van der Waals surface area contributed by atoms with E-state index in [1.54, 1.807) is 29.2 Å².